The normalized spacial score (nSPS) is 12.3. The van der Waals surface area contributed by atoms with Gasteiger partial charge in [-0.3, -0.25) is 5.41 Å². The average Bonchev–Trinajstić information content (AvgIpc) is 2.27. The van der Waals surface area contributed by atoms with Gasteiger partial charge in [-0.1, -0.05) is 53.0 Å². The van der Waals surface area contributed by atoms with E-state index in [1.54, 1.807) is 0 Å². The molecule has 0 aliphatic rings. The molecule has 8 heteroatoms. The van der Waals surface area contributed by atoms with Gasteiger partial charge in [-0.2, -0.15) is 13.2 Å². The molecule has 1 aromatic carbocycles. The number of benzene rings is 1. The number of ether oxygens (including phenoxy) is 1. The highest BCUT2D eigenvalue weighted by molar-refractivity contribution is 6.76. The van der Waals surface area contributed by atoms with Crippen LogP contribution in [-0.4, -0.2) is 16.3 Å². The van der Waals surface area contributed by atoms with E-state index >= 15 is 0 Å². The van der Waals surface area contributed by atoms with E-state index in [0.717, 1.165) is 12.1 Å². The first-order valence-corrected chi connectivity index (χ1v) is 6.19. The van der Waals surface area contributed by atoms with Crippen LogP contribution in [0.15, 0.2) is 24.3 Å². The first kappa shape index (κ1) is 16.4. The third-order valence-corrected chi connectivity index (χ3v) is 2.66. The van der Waals surface area contributed by atoms with Gasteiger partial charge < -0.3 is 4.74 Å². The van der Waals surface area contributed by atoms with Gasteiger partial charge in [-0.05, 0) is 11.6 Å². The molecule has 2 nitrogen and oxygen atoms in total. The van der Waals surface area contributed by atoms with E-state index in [9.17, 15) is 13.2 Å². The molecular weight excluding hydrogens is 325 g/mol. The van der Waals surface area contributed by atoms with Crippen molar-refractivity contribution < 1.29 is 17.9 Å². The zero-order chi connectivity index (χ0) is 14.7. The van der Waals surface area contributed by atoms with Crippen molar-refractivity contribution in [3.8, 4) is 0 Å². The molecule has 0 radical (unpaired) electrons. The molecule has 0 fully saturated rings. The molecule has 0 saturated heterocycles. The van der Waals surface area contributed by atoms with Crippen molar-refractivity contribution >= 4 is 40.7 Å². The lowest BCUT2D eigenvalue weighted by molar-refractivity contribution is -0.137. The third-order valence-electron chi connectivity index (χ3n) is 2.15. The van der Waals surface area contributed by atoms with E-state index in [0.29, 0.717) is 5.56 Å². The highest BCUT2D eigenvalue weighted by Crippen LogP contribution is 2.30. The minimum atomic E-state index is -4.39. The summed E-state index contributed by atoms with van der Waals surface area (Å²) in [5.41, 5.74) is -0.312. The molecule has 0 amide bonds. The number of hydrogen-bond donors (Lipinski definition) is 1. The van der Waals surface area contributed by atoms with Crippen molar-refractivity contribution in [1.29, 1.82) is 5.41 Å². The smallest absolute Gasteiger partial charge is 0.416 e. The lowest BCUT2D eigenvalue weighted by atomic mass is 10.1. The van der Waals surface area contributed by atoms with Gasteiger partial charge in [0.05, 0.1) is 12.2 Å². The molecule has 0 aliphatic heterocycles. The topological polar surface area (TPSA) is 33.1 Å². The predicted molar refractivity (Wildman–Crippen MR) is 69.1 cm³/mol. The minimum Gasteiger partial charge on any atom is -0.478 e. The van der Waals surface area contributed by atoms with Crippen LogP contribution in [0.4, 0.5) is 13.2 Å². The summed E-state index contributed by atoms with van der Waals surface area (Å²) in [6, 6.07) is 4.83. The second kappa shape index (κ2) is 6.20. The number of nitrogens with one attached hydrogen (secondary N) is 1. The maximum Gasteiger partial charge on any atom is 0.416 e. The van der Waals surface area contributed by atoms with Gasteiger partial charge in [0.1, 0.15) is 0 Å². The summed E-state index contributed by atoms with van der Waals surface area (Å²) in [7, 11) is 0. The van der Waals surface area contributed by atoms with Gasteiger partial charge in [0, 0.05) is 6.42 Å². The predicted octanol–water partition coefficient (Wildman–Crippen LogP) is 4.61. The summed E-state index contributed by atoms with van der Waals surface area (Å²) in [4.78, 5) is 0. The fourth-order valence-electron chi connectivity index (χ4n) is 1.26. The fourth-order valence-corrected chi connectivity index (χ4v) is 1.42. The van der Waals surface area contributed by atoms with Crippen LogP contribution in [0.2, 0.25) is 0 Å². The average molecular weight is 335 g/mol. The Morgan fingerprint density at radius 1 is 1.21 bits per heavy atom. The fraction of sp³-hybridized carbons (Fsp3) is 0.364. The zero-order valence-corrected chi connectivity index (χ0v) is 11.7. The largest absolute Gasteiger partial charge is 0.478 e. The van der Waals surface area contributed by atoms with Gasteiger partial charge >= 0.3 is 6.18 Å². The Kier molecular flexibility index (Phi) is 5.35. The van der Waals surface area contributed by atoms with E-state index in [4.69, 9.17) is 44.9 Å². The monoisotopic (exact) mass is 333 g/mol. The van der Waals surface area contributed by atoms with Crippen LogP contribution in [0, 0.1) is 5.41 Å². The van der Waals surface area contributed by atoms with Crippen molar-refractivity contribution in [2.24, 2.45) is 0 Å². The lowest BCUT2D eigenvalue weighted by Gasteiger charge is -2.14. The summed E-state index contributed by atoms with van der Waals surface area (Å²) >= 11 is 16.1. The van der Waals surface area contributed by atoms with Gasteiger partial charge in [-0.25, -0.2) is 0 Å². The van der Waals surface area contributed by atoms with Gasteiger partial charge in [0.15, 0.2) is 0 Å². The number of rotatable bonds is 3. The highest BCUT2D eigenvalue weighted by atomic mass is 35.6. The quantitative estimate of drug-likeness (QED) is 0.489. The van der Waals surface area contributed by atoms with E-state index < -0.39 is 21.4 Å². The van der Waals surface area contributed by atoms with E-state index in [1.165, 1.54) is 12.1 Å². The van der Waals surface area contributed by atoms with Gasteiger partial charge in [0.2, 0.25) is 5.90 Å². The molecule has 0 aromatic heterocycles. The molecule has 0 unspecified atom stereocenters. The highest BCUT2D eigenvalue weighted by Gasteiger charge is 2.30. The second-order valence-corrected chi connectivity index (χ2v) is 5.90. The van der Waals surface area contributed by atoms with E-state index in [2.05, 4.69) is 0 Å². The molecule has 0 saturated carbocycles. The van der Waals surface area contributed by atoms with Crippen molar-refractivity contribution in [2.45, 2.75) is 16.4 Å². The molecule has 0 bridgehead atoms. The molecule has 0 spiro atoms. The Morgan fingerprint density at radius 2 is 1.84 bits per heavy atom. The molecule has 106 valence electrons. The first-order chi connectivity index (χ1) is 8.60. The maximum atomic E-state index is 12.5. The number of hydrogen-bond acceptors (Lipinski definition) is 2. The Balaban J connectivity index is 2.58. The maximum absolute atomic E-state index is 12.5. The van der Waals surface area contributed by atoms with E-state index in [-0.39, 0.29) is 13.0 Å². The van der Waals surface area contributed by atoms with Crippen LogP contribution in [0.3, 0.4) is 0 Å². The van der Waals surface area contributed by atoms with Crippen molar-refractivity contribution in [3.05, 3.63) is 35.4 Å². The van der Waals surface area contributed by atoms with Crippen LogP contribution in [0.5, 0.6) is 0 Å². The molecule has 1 rings (SSSR count). The Labute approximate surface area is 122 Å². The molecular formula is C11H9Cl3F3NO. The minimum absolute atomic E-state index is 0.0476. The van der Waals surface area contributed by atoms with Crippen LogP contribution in [0.25, 0.3) is 0 Å². The Morgan fingerprint density at radius 3 is 2.37 bits per heavy atom. The van der Waals surface area contributed by atoms with Crippen LogP contribution in [0.1, 0.15) is 11.1 Å². The third kappa shape index (κ3) is 5.47. The molecule has 0 atom stereocenters. The standard InChI is InChI=1S/C11H9Cl3F3NO/c12-10(13,14)9(18)19-5-4-7-2-1-3-8(6-7)11(15,16)17/h1-3,6,18H,4-5H2. The van der Waals surface area contributed by atoms with Gasteiger partial charge in [-0.15, -0.1) is 0 Å². The van der Waals surface area contributed by atoms with Crippen molar-refractivity contribution in [3.63, 3.8) is 0 Å². The summed E-state index contributed by atoms with van der Waals surface area (Å²) in [6.07, 6.45) is -4.21. The zero-order valence-electron chi connectivity index (χ0n) is 9.40. The van der Waals surface area contributed by atoms with E-state index in [1.807, 2.05) is 0 Å². The Hall–Kier alpha value is -0.650. The van der Waals surface area contributed by atoms with Crippen LogP contribution < -0.4 is 0 Å². The molecule has 19 heavy (non-hydrogen) atoms. The second-order valence-electron chi connectivity index (χ2n) is 3.62. The van der Waals surface area contributed by atoms with Gasteiger partial charge in [0.25, 0.3) is 3.79 Å². The number of alkyl halides is 6. The molecule has 1 aromatic rings. The summed E-state index contributed by atoms with van der Waals surface area (Å²) in [6.45, 7) is -0.0476. The summed E-state index contributed by atoms with van der Waals surface area (Å²) < 4.78 is 40.2. The van der Waals surface area contributed by atoms with Crippen LogP contribution in [-0.2, 0) is 17.3 Å². The lowest BCUT2D eigenvalue weighted by Crippen LogP contribution is -2.22. The summed E-state index contributed by atoms with van der Waals surface area (Å²) in [5, 5.41) is 7.25. The van der Waals surface area contributed by atoms with Crippen LogP contribution >= 0.6 is 34.8 Å². The van der Waals surface area contributed by atoms with Crippen molar-refractivity contribution in [2.75, 3.05) is 6.61 Å². The summed E-state index contributed by atoms with van der Waals surface area (Å²) in [5.74, 6) is -0.565. The molecule has 0 heterocycles. The van der Waals surface area contributed by atoms with Crippen molar-refractivity contribution in [1.82, 2.24) is 0 Å². The molecule has 1 N–H and O–H groups in total. The molecule has 0 aliphatic carbocycles. The first-order valence-electron chi connectivity index (χ1n) is 5.05. The SMILES string of the molecule is N=C(OCCc1cccc(C(F)(F)F)c1)C(Cl)(Cl)Cl. The number of halogens is 6. The Bertz CT molecular complexity index is 457.